The maximum absolute atomic E-state index is 9.34. The maximum Gasteiger partial charge on any atom is 0.133 e. The van der Waals surface area contributed by atoms with Crippen molar-refractivity contribution in [1.82, 2.24) is 14.9 Å². The van der Waals surface area contributed by atoms with Crippen LogP contribution in [0.15, 0.2) is 35.2 Å². The molecule has 5 heteroatoms. The zero-order valence-corrected chi connectivity index (χ0v) is 11.6. The van der Waals surface area contributed by atoms with Crippen LogP contribution >= 0.6 is 0 Å². The van der Waals surface area contributed by atoms with Gasteiger partial charge in [-0.1, -0.05) is 13.8 Å². The quantitative estimate of drug-likeness (QED) is 0.833. The molecule has 1 unspecified atom stereocenters. The number of nitrogens with one attached hydrogen (secondary N) is 1. The smallest absolute Gasteiger partial charge is 0.133 e. The average molecular weight is 263 g/mol. The summed E-state index contributed by atoms with van der Waals surface area (Å²) in [5.74, 6) is 1.71. The fourth-order valence-electron chi connectivity index (χ4n) is 1.86. The first-order valence-corrected chi connectivity index (χ1v) is 6.38. The molecular formula is C14H21N3O2. The number of aliphatic hydroxyl groups is 1. The van der Waals surface area contributed by atoms with Crippen molar-refractivity contribution in [2.45, 2.75) is 19.9 Å². The van der Waals surface area contributed by atoms with Gasteiger partial charge in [-0.15, -0.1) is 0 Å². The van der Waals surface area contributed by atoms with Crippen LogP contribution in [-0.2, 0) is 7.05 Å². The van der Waals surface area contributed by atoms with E-state index in [9.17, 15) is 5.11 Å². The summed E-state index contributed by atoms with van der Waals surface area (Å²) in [6.07, 6.45) is 5.33. The number of furan rings is 1. The van der Waals surface area contributed by atoms with Gasteiger partial charge >= 0.3 is 0 Å². The standard InChI is InChI=1S/C14H21N3O2/c1-14(2,10-18)9-16-12(11-5-4-8-19-11)13-15-6-7-17(13)3/h4-8,12,16,18H,9-10H2,1-3H3. The van der Waals surface area contributed by atoms with E-state index < -0.39 is 0 Å². The number of nitrogens with zero attached hydrogens (tertiary/aromatic N) is 2. The Hall–Kier alpha value is -1.59. The van der Waals surface area contributed by atoms with Gasteiger partial charge in [0.05, 0.1) is 6.26 Å². The zero-order chi connectivity index (χ0) is 13.9. The second-order valence-corrected chi connectivity index (χ2v) is 5.55. The molecular weight excluding hydrogens is 242 g/mol. The van der Waals surface area contributed by atoms with Gasteiger partial charge in [-0.05, 0) is 12.1 Å². The van der Waals surface area contributed by atoms with E-state index in [1.165, 1.54) is 0 Å². The Balaban J connectivity index is 2.19. The van der Waals surface area contributed by atoms with Gasteiger partial charge in [0.15, 0.2) is 0 Å². The molecule has 2 aromatic rings. The number of aliphatic hydroxyl groups excluding tert-OH is 1. The molecule has 0 saturated carbocycles. The van der Waals surface area contributed by atoms with Gasteiger partial charge in [0.1, 0.15) is 17.6 Å². The highest BCUT2D eigenvalue weighted by atomic mass is 16.3. The summed E-state index contributed by atoms with van der Waals surface area (Å²) in [5.41, 5.74) is -0.185. The highest BCUT2D eigenvalue weighted by molar-refractivity contribution is 5.15. The third-order valence-corrected chi connectivity index (χ3v) is 3.16. The highest BCUT2D eigenvalue weighted by Gasteiger charge is 2.24. The van der Waals surface area contributed by atoms with E-state index in [1.54, 1.807) is 12.5 Å². The largest absolute Gasteiger partial charge is 0.467 e. The van der Waals surface area contributed by atoms with Gasteiger partial charge < -0.3 is 19.4 Å². The number of imidazole rings is 1. The summed E-state index contributed by atoms with van der Waals surface area (Å²) in [6, 6.07) is 3.68. The van der Waals surface area contributed by atoms with E-state index in [0.717, 1.165) is 11.6 Å². The van der Waals surface area contributed by atoms with Gasteiger partial charge in [0, 0.05) is 38.0 Å². The topological polar surface area (TPSA) is 63.2 Å². The second-order valence-electron chi connectivity index (χ2n) is 5.55. The van der Waals surface area contributed by atoms with Crippen molar-refractivity contribution in [3.05, 3.63) is 42.4 Å². The minimum Gasteiger partial charge on any atom is -0.467 e. The summed E-state index contributed by atoms with van der Waals surface area (Å²) in [5, 5.41) is 12.8. The fourth-order valence-corrected chi connectivity index (χ4v) is 1.86. The third-order valence-electron chi connectivity index (χ3n) is 3.16. The molecule has 0 aliphatic rings. The van der Waals surface area contributed by atoms with Gasteiger partial charge in [0.2, 0.25) is 0 Å². The molecule has 0 aliphatic carbocycles. The summed E-state index contributed by atoms with van der Waals surface area (Å²) in [7, 11) is 1.96. The zero-order valence-electron chi connectivity index (χ0n) is 11.6. The van der Waals surface area contributed by atoms with Crippen LogP contribution in [0.4, 0.5) is 0 Å². The molecule has 2 N–H and O–H groups in total. The van der Waals surface area contributed by atoms with Gasteiger partial charge in [0.25, 0.3) is 0 Å². The molecule has 5 nitrogen and oxygen atoms in total. The molecule has 0 aliphatic heterocycles. The lowest BCUT2D eigenvalue weighted by atomic mass is 9.94. The second kappa shape index (κ2) is 5.59. The predicted octanol–water partition coefficient (Wildman–Crippen LogP) is 1.71. The Morgan fingerprint density at radius 1 is 1.53 bits per heavy atom. The van der Waals surface area contributed by atoms with Gasteiger partial charge in [-0.25, -0.2) is 4.98 Å². The SMILES string of the molecule is Cn1ccnc1C(NCC(C)(C)CO)c1ccco1. The molecule has 0 fully saturated rings. The normalized spacial score (nSPS) is 13.7. The average Bonchev–Trinajstić information content (AvgIpc) is 3.02. The van der Waals surface area contributed by atoms with Crippen molar-refractivity contribution < 1.29 is 9.52 Å². The molecule has 0 spiro atoms. The van der Waals surface area contributed by atoms with Crippen LogP contribution < -0.4 is 5.32 Å². The Kier molecular flexibility index (Phi) is 4.07. The first kappa shape index (κ1) is 13.8. The van der Waals surface area contributed by atoms with Crippen molar-refractivity contribution in [2.24, 2.45) is 12.5 Å². The summed E-state index contributed by atoms with van der Waals surface area (Å²) in [6.45, 7) is 4.82. The molecule has 0 radical (unpaired) electrons. The van der Waals surface area contributed by atoms with E-state index in [0.29, 0.717) is 6.54 Å². The monoisotopic (exact) mass is 263 g/mol. The van der Waals surface area contributed by atoms with E-state index in [1.807, 2.05) is 43.8 Å². The molecule has 1 atom stereocenters. The van der Waals surface area contributed by atoms with Crippen molar-refractivity contribution in [3.8, 4) is 0 Å². The van der Waals surface area contributed by atoms with E-state index in [-0.39, 0.29) is 18.1 Å². The predicted molar refractivity (Wildman–Crippen MR) is 72.6 cm³/mol. The minimum absolute atomic E-state index is 0.110. The fraction of sp³-hybridized carbons (Fsp3) is 0.500. The van der Waals surface area contributed by atoms with Crippen molar-refractivity contribution in [2.75, 3.05) is 13.2 Å². The molecule has 104 valence electrons. The number of aromatic nitrogens is 2. The molecule has 2 aromatic heterocycles. The summed E-state index contributed by atoms with van der Waals surface area (Å²) in [4.78, 5) is 4.38. The highest BCUT2D eigenvalue weighted by Crippen LogP contribution is 2.22. The summed E-state index contributed by atoms with van der Waals surface area (Å²) >= 11 is 0. The lowest BCUT2D eigenvalue weighted by Gasteiger charge is -2.25. The van der Waals surface area contributed by atoms with Gasteiger partial charge in [-0.2, -0.15) is 0 Å². The molecule has 0 saturated heterocycles. The van der Waals surface area contributed by atoms with Crippen LogP contribution in [0.3, 0.4) is 0 Å². The molecule has 0 amide bonds. The van der Waals surface area contributed by atoms with Crippen LogP contribution in [0.25, 0.3) is 0 Å². The van der Waals surface area contributed by atoms with E-state index in [4.69, 9.17) is 4.42 Å². The van der Waals surface area contributed by atoms with Crippen molar-refractivity contribution >= 4 is 0 Å². The van der Waals surface area contributed by atoms with Crippen LogP contribution in [0, 0.1) is 5.41 Å². The first-order chi connectivity index (χ1) is 9.03. The molecule has 19 heavy (non-hydrogen) atoms. The number of hydrogen-bond acceptors (Lipinski definition) is 4. The van der Waals surface area contributed by atoms with E-state index in [2.05, 4.69) is 10.3 Å². The van der Waals surface area contributed by atoms with Crippen molar-refractivity contribution in [3.63, 3.8) is 0 Å². The Morgan fingerprint density at radius 2 is 2.32 bits per heavy atom. The number of hydrogen-bond donors (Lipinski definition) is 2. The van der Waals surface area contributed by atoms with Crippen LogP contribution in [0.1, 0.15) is 31.5 Å². The van der Waals surface area contributed by atoms with Crippen LogP contribution in [0.2, 0.25) is 0 Å². The number of aryl methyl sites for hydroxylation is 1. The maximum atomic E-state index is 9.34. The molecule has 0 bridgehead atoms. The Morgan fingerprint density at radius 3 is 2.84 bits per heavy atom. The minimum atomic E-state index is -0.185. The Bertz CT molecular complexity index is 503. The molecule has 2 heterocycles. The van der Waals surface area contributed by atoms with Crippen LogP contribution in [0.5, 0.6) is 0 Å². The van der Waals surface area contributed by atoms with Crippen molar-refractivity contribution in [1.29, 1.82) is 0 Å². The lowest BCUT2D eigenvalue weighted by molar-refractivity contribution is 0.153. The van der Waals surface area contributed by atoms with Crippen LogP contribution in [-0.4, -0.2) is 27.8 Å². The van der Waals surface area contributed by atoms with E-state index >= 15 is 0 Å². The summed E-state index contributed by atoms with van der Waals surface area (Å²) < 4.78 is 7.46. The number of rotatable bonds is 6. The molecule has 0 aromatic carbocycles. The third kappa shape index (κ3) is 3.24. The van der Waals surface area contributed by atoms with Gasteiger partial charge in [-0.3, -0.25) is 0 Å². The first-order valence-electron chi connectivity index (χ1n) is 6.38. The Labute approximate surface area is 113 Å². The lowest BCUT2D eigenvalue weighted by Crippen LogP contribution is -2.35. The molecule has 2 rings (SSSR count).